The first kappa shape index (κ1) is 19.8. The third-order valence-electron chi connectivity index (χ3n) is 6.34. The van der Waals surface area contributed by atoms with Crippen LogP contribution in [0.1, 0.15) is 16.7 Å². The first-order chi connectivity index (χ1) is 16.6. The average molecular weight is 448 g/mol. The van der Waals surface area contributed by atoms with Gasteiger partial charge in [0.1, 0.15) is 22.8 Å². The lowest BCUT2D eigenvalue weighted by molar-refractivity contribution is -0.121. The normalized spacial score (nSPS) is 18.6. The van der Waals surface area contributed by atoms with Crippen LogP contribution in [0, 0.1) is 11.3 Å². The molecule has 4 heterocycles. The van der Waals surface area contributed by atoms with Gasteiger partial charge in [-0.2, -0.15) is 5.26 Å². The minimum Gasteiger partial charge on any atom is -0.439 e. The van der Waals surface area contributed by atoms with Gasteiger partial charge in [0.2, 0.25) is 11.8 Å². The predicted octanol–water partition coefficient (Wildman–Crippen LogP) is 3.11. The summed E-state index contributed by atoms with van der Waals surface area (Å²) in [6.45, 7) is 0.216. The van der Waals surface area contributed by atoms with Gasteiger partial charge >= 0.3 is 5.63 Å². The second kappa shape index (κ2) is 7.05. The number of carbonyl (C=O) groups excluding carboxylic acids is 1. The third-order valence-corrected chi connectivity index (χ3v) is 6.34. The average Bonchev–Trinajstić information content (AvgIpc) is 3.08. The van der Waals surface area contributed by atoms with Gasteiger partial charge in [0.05, 0.1) is 11.9 Å². The molecule has 0 radical (unpaired) electrons. The van der Waals surface area contributed by atoms with Gasteiger partial charge in [-0.25, -0.2) is 4.79 Å². The largest absolute Gasteiger partial charge is 0.439 e. The summed E-state index contributed by atoms with van der Waals surface area (Å²) >= 11 is 0. The molecule has 0 saturated heterocycles. The van der Waals surface area contributed by atoms with Crippen LogP contribution in [-0.4, -0.2) is 10.9 Å². The fourth-order valence-corrected chi connectivity index (χ4v) is 4.92. The molecule has 0 fully saturated rings. The molecule has 0 saturated carbocycles. The van der Waals surface area contributed by atoms with Crippen LogP contribution in [0.4, 0.5) is 5.69 Å². The molecular weight excluding hydrogens is 432 g/mol. The maximum absolute atomic E-state index is 14.3. The topological polar surface area (TPSA) is 122 Å². The van der Waals surface area contributed by atoms with Gasteiger partial charge in [-0.3, -0.25) is 9.78 Å². The summed E-state index contributed by atoms with van der Waals surface area (Å²) in [6.07, 6.45) is 3.28. The zero-order valence-corrected chi connectivity index (χ0v) is 17.7. The van der Waals surface area contributed by atoms with Crippen molar-refractivity contribution in [1.29, 1.82) is 5.26 Å². The van der Waals surface area contributed by atoms with E-state index in [1.165, 1.54) is 0 Å². The van der Waals surface area contributed by atoms with Crippen molar-refractivity contribution in [3.63, 3.8) is 0 Å². The fraction of sp³-hybridized carbons (Fsp3) is 0.0769. The van der Waals surface area contributed by atoms with Crippen molar-refractivity contribution in [3.8, 4) is 11.8 Å². The predicted molar refractivity (Wildman–Crippen MR) is 123 cm³/mol. The Labute approximate surface area is 193 Å². The number of hydrogen-bond donors (Lipinski definition) is 1. The number of nitrogens with two attached hydrogens (primary N) is 1. The molecular formula is C26H16N4O4. The molecule has 0 unspecified atom stereocenters. The number of hydrogen-bond acceptors (Lipinski definition) is 7. The van der Waals surface area contributed by atoms with Crippen molar-refractivity contribution in [3.05, 3.63) is 112 Å². The number of pyridine rings is 1. The Kier molecular flexibility index (Phi) is 4.10. The molecule has 1 amide bonds. The molecule has 2 aliphatic rings. The number of fused-ring (bicyclic) bond motifs is 6. The minimum absolute atomic E-state index is 0.0494. The highest BCUT2D eigenvalue weighted by atomic mass is 16.5. The number of rotatable bonds is 2. The van der Waals surface area contributed by atoms with Crippen LogP contribution >= 0.6 is 0 Å². The van der Waals surface area contributed by atoms with Crippen LogP contribution in [0.3, 0.4) is 0 Å². The van der Waals surface area contributed by atoms with Crippen LogP contribution in [-0.2, 0) is 16.8 Å². The first-order valence-electron chi connectivity index (χ1n) is 10.5. The van der Waals surface area contributed by atoms with E-state index in [1.54, 1.807) is 78.0 Å². The SMILES string of the molecule is N#CC1=C(N)Oc2c(c(=O)oc3ccccc23)[C@@]12C(=O)N(Cc1ccncc1)c1ccccc12. The molecule has 2 aliphatic heterocycles. The highest BCUT2D eigenvalue weighted by molar-refractivity contribution is 6.14. The van der Waals surface area contributed by atoms with Crippen molar-refractivity contribution in [2.24, 2.45) is 5.73 Å². The van der Waals surface area contributed by atoms with Crippen LogP contribution in [0.25, 0.3) is 11.0 Å². The Balaban J connectivity index is 1.71. The number of amides is 1. The highest BCUT2D eigenvalue weighted by Gasteiger charge is 2.61. The molecule has 8 nitrogen and oxygen atoms in total. The summed E-state index contributed by atoms with van der Waals surface area (Å²) in [6, 6.07) is 19.6. The van der Waals surface area contributed by atoms with E-state index in [0.29, 0.717) is 22.2 Å². The molecule has 4 aromatic rings. The van der Waals surface area contributed by atoms with Crippen LogP contribution in [0.5, 0.6) is 5.75 Å². The fourth-order valence-electron chi connectivity index (χ4n) is 4.92. The molecule has 8 heteroatoms. The quantitative estimate of drug-likeness (QED) is 0.468. The van der Waals surface area contributed by atoms with Crippen molar-refractivity contribution >= 4 is 22.6 Å². The van der Waals surface area contributed by atoms with Gasteiger partial charge in [0.25, 0.3) is 0 Å². The van der Waals surface area contributed by atoms with Crippen LogP contribution in [0.15, 0.2) is 93.7 Å². The van der Waals surface area contributed by atoms with Crippen molar-refractivity contribution in [1.82, 2.24) is 4.98 Å². The maximum Gasteiger partial charge on any atom is 0.345 e. The standard InChI is InChI=1S/C26H16N4O4/c27-13-18-23(28)34-22-16-5-1-4-8-20(16)33-24(31)21(22)26(18)17-6-2-3-7-19(17)30(25(26)32)14-15-9-11-29-12-10-15/h1-12H,14,28H2/t26-/m0/s1. The second-order valence-corrected chi connectivity index (χ2v) is 8.06. The van der Waals surface area contributed by atoms with E-state index in [0.717, 1.165) is 5.56 Å². The van der Waals surface area contributed by atoms with Gasteiger partial charge in [0.15, 0.2) is 11.2 Å². The Bertz CT molecular complexity index is 1630. The maximum atomic E-state index is 14.3. The molecule has 2 aromatic carbocycles. The summed E-state index contributed by atoms with van der Waals surface area (Å²) in [5.74, 6) is -0.575. The van der Waals surface area contributed by atoms with Gasteiger partial charge in [0, 0.05) is 23.6 Å². The van der Waals surface area contributed by atoms with Crippen molar-refractivity contribution < 1.29 is 13.9 Å². The number of anilines is 1. The highest BCUT2D eigenvalue weighted by Crippen LogP contribution is 2.55. The monoisotopic (exact) mass is 448 g/mol. The van der Waals surface area contributed by atoms with E-state index >= 15 is 0 Å². The second-order valence-electron chi connectivity index (χ2n) is 8.06. The molecule has 2 N–H and O–H groups in total. The Morgan fingerprint density at radius 1 is 1.03 bits per heavy atom. The van der Waals surface area contributed by atoms with E-state index in [9.17, 15) is 14.9 Å². The van der Waals surface area contributed by atoms with Gasteiger partial charge in [-0.15, -0.1) is 0 Å². The van der Waals surface area contributed by atoms with Crippen molar-refractivity contribution in [2.45, 2.75) is 12.0 Å². The summed E-state index contributed by atoms with van der Waals surface area (Å²) < 4.78 is 11.4. The Hall–Kier alpha value is -4.90. The number of ether oxygens (including phenoxy) is 1. The summed E-state index contributed by atoms with van der Waals surface area (Å²) in [5, 5.41) is 10.6. The molecule has 0 aliphatic carbocycles. The van der Waals surface area contributed by atoms with Gasteiger partial charge < -0.3 is 19.8 Å². The van der Waals surface area contributed by atoms with Crippen LogP contribution < -0.4 is 21.0 Å². The summed E-state index contributed by atoms with van der Waals surface area (Å²) in [5.41, 5.74) is 5.67. The van der Waals surface area contributed by atoms with E-state index in [2.05, 4.69) is 4.98 Å². The van der Waals surface area contributed by atoms with E-state index in [-0.39, 0.29) is 29.3 Å². The lowest BCUT2D eigenvalue weighted by atomic mass is 9.69. The number of nitrogens with zero attached hydrogens (tertiary/aromatic N) is 3. The zero-order chi connectivity index (χ0) is 23.4. The van der Waals surface area contributed by atoms with E-state index in [4.69, 9.17) is 14.9 Å². The van der Waals surface area contributed by atoms with Crippen molar-refractivity contribution in [2.75, 3.05) is 4.90 Å². The molecule has 1 spiro atoms. The third kappa shape index (κ3) is 2.43. The summed E-state index contributed by atoms with van der Waals surface area (Å²) in [4.78, 5) is 33.4. The lowest BCUT2D eigenvalue weighted by Crippen LogP contribution is -2.48. The first-order valence-corrected chi connectivity index (χ1v) is 10.5. The number of carbonyl (C=O) groups is 1. The van der Waals surface area contributed by atoms with Gasteiger partial charge in [-0.05, 0) is 35.9 Å². The smallest absolute Gasteiger partial charge is 0.345 e. The number of nitriles is 1. The number of aromatic nitrogens is 1. The number of benzene rings is 2. The number of para-hydroxylation sites is 2. The minimum atomic E-state index is -1.79. The molecule has 34 heavy (non-hydrogen) atoms. The molecule has 1 atom stereocenters. The molecule has 6 rings (SSSR count). The van der Waals surface area contributed by atoms with Crippen LogP contribution in [0.2, 0.25) is 0 Å². The molecule has 0 bridgehead atoms. The van der Waals surface area contributed by atoms with E-state index < -0.39 is 16.9 Å². The molecule has 164 valence electrons. The molecule has 2 aromatic heterocycles. The van der Waals surface area contributed by atoms with E-state index in [1.807, 2.05) is 6.07 Å². The Morgan fingerprint density at radius 3 is 2.56 bits per heavy atom. The lowest BCUT2D eigenvalue weighted by Gasteiger charge is -2.33. The zero-order valence-electron chi connectivity index (χ0n) is 17.7. The summed E-state index contributed by atoms with van der Waals surface area (Å²) in [7, 11) is 0. The van der Waals surface area contributed by atoms with Gasteiger partial charge in [-0.1, -0.05) is 30.3 Å². The Morgan fingerprint density at radius 2 is 1.76 bits per heavy atom.